The van der Waals surface area contributed by atoms with Gasteiger partial charge in [-0.05, 0) is 25.5 Å². The number of carbonyl (C=O) groups excluding carboxylic acids is 1. The van der Waals surface area contributed by atoms with Gasteiger partial charge in [0.2, 0.25) is 5.88 Å². The lowest BCUT2D eigenvalue weighted by Crippen LogP contribution is -2.25. The van der Waals surface area contributed by atoms with E-state index in [0.29, 0.717) is 23.2 Å². The van der Waals surface area contributed by atoms with Crippen LogP contribution < -0.4 is 9.47 Å². The quantitative estimate of drug-likeness (QED) is 0.601. The van der Waals surface area contributed by atoms with Gasteiger partial charge in [-0.3, -0.25) is 4.79 Å². The highest BCUT2D eigenvalue weighted by Crippen LogP contribution is 2.64. The Morgan fingerprint density at radius 1 is 1.20 bits per heavy atom. The van der Waals surface area contributed by atoms with E-state index < -0.39 is 5.41 Å². The van der Waals surface area contributed by atoms with Gasteiger partial charge in [-0.2, -0.15) is 0 Å². The largest absolute Gasteiger partial charge is 0.496 e. The second-order valence-corrected chi connectivity index (χ2v) is 6.54. The Morgan fingerprint density at radius 3 is 2.60 bits per heavy atom. The topological polar surface area (TPSA) is 57.7 Å². The van der Waals surface area contributed by atoms with Gasteiger partial charge in [0.15, 0.2) is 0 Å². The van der Waals surface area contributed by atoms with Gasteiger partial charge in [0, 0.05) is 17.0 Å². The first-order valence-corrected chi connectivity index (χ1v) is 8.29. The number of methoxy groups -OCH3 is 3. The molecule has 0 spiro atoms. The lowest BCUT2D eigenvalue weighted by Gasteiger charge is -2.20. The predicted octanol–water partition coefficient (Wildman–Crippen LogP) is 3.66. The summed E-state index contributed by atoms with van der Waals surface area (Å²) in [6.45, 7) is 1.98. The molecule has 132 valence electrons. The number of rotatable bonds is 5. The van der Waals surface area contributed by atoms with Crippen LogP contribution in [0.25, 0.3) is 0 Å². The van der Waals surface area contributed by atoms with E-state index in [2.05, 4.69) is 4.98 Å². The molecule has 2 atom stereocenters. The highest BCUT2D eigenvalue weighted by atomic mass is 35.5. The Morgan fingerprint density at radius 2 is 1.96 bits per heavy atom. The molecule has 5 nitrogen and oxygen atoms in total. The van der Waals surface area contributed by atoms with Crippen molar-refractivity contribution in [3.8, 4) is 11.6 Å². The number of ether oxygens (including phenoxy) is 3. The number of benzene rings is 1. The molecule has 1 saturated carbocycles. The fourth-order valence-corrected chi connectivity index (χ4v) is 3.62. The zero-order valence-electron chi connectivity index (χ0n) is 14.6. The van der Waals surface area contributed by atoms with Crippen molar-refractivity contribution in [3.63, 3.8) is 0 Å². The number of halogens is 1. The van der Waals surface area contributed by atoms with Crippen LogP contribution in [0.4, 0.5) is 0 Å². The van der Waals surface area contributed by atoms with Gasteiger partial charge in [0.05, 0.1) is 21.3 Å². The minimum absolute atomic E-state index is 0.115. The maximum Gasteiger partial charge on any atom is 0.317 e. The van der Waals surface area contributed by atoms with Crippen molar-refractivity contribution in [3.05, 3.63) is 52.2 Å². The lowest BCUT2D eigenvalue weighted by molar-refractivity contribution is -0.143. The van der Waals surface area contributed by atoms with E-state index in [1.807, 2.05) is 31.2 Å². The number of hydrogen-bond donors (Lipinski definition) is 0. The molecule has 3 rings (SSSR count). The van der Waals surface area contributed by atoms with Gasteiger partial charge in [0.1, 0.15) is 16.3 Å². The monoisotopic (exact) mass is 361 g/mol. The molecule has 1 heterocycles. The summed E-state index contributed by atoms with van der Waals surface area (Å²) in [5, 5.41) is 0.345. The third-order valence-corrected chi connectivity index (χ3v) is 4.98. The second-order valence-electron chi connectivity index (χ2n) is 6.16. The molecule has 1 aliphatic rings. The summed E-state index contributed by atoms with van der Waals surface area (Å²) in [6.07, 6.45) is 0.596. The van der Waals surface area contributed by atoms with Gasteiger partial charge < -0.3 is 14.2 Å². The number of aryl methyl sites for hydroxylation is 1. The molecule has 2 unspecified atom stereocenters. The Bertz CT molecular complexity index is 823. The van der Waals surface area contributed by atoms with Crippen LogP contribution in [0.2, 0.25) is 5.15 Å². The minimum Gasteiger partial charge on any atom is -0.496 e. The van der Waals surface area contributed by atoms with Crippen LogP contribution >= 0.6 is 11.6 Å². The summed E-state index contributed by atoms with van der Waals surface area (Å²) in [7, 11) is 4.54. The molecule has 1 fully saturated rings. The van der Waals surface area contributed by atoms with Crippen molar-refractivity contribution in [2.75, 3.05) is 21.3 Å². The lowest BCUT2D eigenvalue weighted by atomic mass is 9.89. The zero-order chi connectivity index (χ0) is 18.2. The zero-order valence-corrected chi connectivity index (χ0v) is 15.4. The average Bonchev–Trinajstić information content (AvgIpc) is 3.37. The molecule has 1 aromatic heterocycles. The number of esters is 1. The first-order valence-electron chi connectivity index (χ1n) is 7.92. The molecule has 0 N–H and O–H groups in total. The predicted molar refractivity (Wildman–Crippen MR) is 94.6 cm³/mol. The van der Waals surface area contributed by atoms with Crippen LogP contribution in [0.3, 0.4) is 0 Å². The number of pyridine rings is 1. The molecule has 0 bridgehead atoms. The van der Waals surface area contributed by atoms with Gasteiger partial charge in [-0.15, -0.1) is 0 Å². The first-order chi connectivity index (χ1) is 12.0. The van der Waals surface area contributed by atoms with Crippen LogP contribution in [0.5, 0.6) is 11.6 Å². The Kier molecular flexibility index (Phi) is 4.60. The molecule has 1 aliphatic carbocycles. The maximum atomic E-state index is 12.8. The fourth-order valence-electron chi connectivity index (χ4n) is 3.48. The Hall–Kier alpha value is -2.27. The molecule has 0 amide bonds. The van der Waals surface area contributed by atoms with Crippen molar-refractivity contribution >= 4 is 17.6 Å². The standard InChI is InChI=1S/C19H20ClNO4/c1-11-5-7-15(23-2)13(9-11)19(18(22)25-4)10-14(19)12-6-8-16(20)21-17(12)24-3/h5-9,14H,10H2,1-4H3. The molecule has 2 aromatic rings. The van der Waals surface area contributed by atoms with Crippen molar-refractivity contribution in [1.82, 2.24) is 4.98 Å². The molecule has 0 radical (unpaired) electrons. The van der Waals surface area contributed by atoms with Crippen LogP contribution in [0, 0.1) is 6.92 Å². The summed E-state index contributed by atoms with van der Waals surface area (Å²) in [5.74, 6) is 0.683. The van der Waals surface area contributed by atoms with Gasteiger partial charge in [-0.25, -0.2) is 4.98 Å². The average molecular weight is 362 g/mol. The third kappa shape index (κ3) is 2.82. The SMILES string of the molecule is COC(=O)C1(c2cc(C)ccc2OC)CC1c1ccc(Cl)nc1OC. The van der Waals surface area contributed by atoms with E-state index in [4.69, 9.17) is 25.8 Å². The molecule has 25 heavy (non-hydrogen) atoms. The van der Waals surface area contributed by atoms with Crippen LogP contribution in [0.15, 0.2) is 30.3 Å². The van der Waals surface area contributed by atoms with Crippen LogP contribution in [-0.2, 0) is 14.9 Å². The molecule has 1 aromatic carbocycles. The Labute approximate surface area is 151 Å². The molecule has 0 saturated heterocycles. The maximum absolute atomic E-state index is 12.8. The van der Waals surface area contributed by atoms with E-state index in [0.717, 1.165) is 16.7 Å². The second kappa shape index (κ2) is 6.56. The normalized spacial score (nSPS) is 21.6. The van der Waals surface area contributed by atoms with Crippen molar-refractivity contribution in [2.24, 2.45) is 0 Å². The first kappa shape index (κ1) is 17.5. The van der Waals surface area contributed by atoms with E-state index in [1.54, 1.807) is 13.2 Å². The third-order valence-electron chi connectivity index (χ3n) is 4.77. The smallest absolute Gasteiger partial charge is 0.317 e. The van der Waals surface area contributed by atoms with Crippen molar-refractivity contribution < 1.29 is 19.0 Å². The van der Waals surface area contributed by atoms with E-state index in [9.17, 15) is 4.79 Å². The number of carbonyl (C=O) groups is 1. The summed E-state index contributed by atoms with van der Waals surface area (Å²) < 4.78 is 16.0. The van der Waals surface area contributed by atoms with E-state index >= 15 is 0 Å². The fraction of sp³-hybridized carbons (Fsp3) is 0.368. The molecular weight excluding hydrogens is 342 g/mol. The highest BCUT2D eigenvalue weighted by Gasteiger charge is 2.64. The number of nitrogens with zero attached hydrogens (tertiary/aromatic N) is 1. The molecule has 6 heteroatoms. The summed E-state index contributed by atoms with van der Waals surface area (Å²) in [4.78, 5) is 17.0. The van der Waals surface area contributed by atoms with Gasteiger partial charge >= 0.3 is 5.97 Å². The van der Waals surface area contributed by atoms with E-state index in [-0.39, 0.29) is 11.9 Å². The highest BCUT2D eigenvalue weighted by molar-refractivity contribution is 6.29. The summed E-state index contributed by atoms with van der Waals surface area (Å²) in [5.41, 5.74) is 1.89. The van der Waals surface area contributed by atoms with Gasteiger partial charge in [-0.1, -0.05) is 35.4 Å². The van der Waals surface area contributed by atoms with Crippen LogP contribution in [-0.4, -0.2) is 32.3 Å². The summed E-state index contributed by atoms with van der Waals surface area (Å²) in [6, 6.07) is 9.36. The summed E-state index contributed by atoms with van der Waals surface area (Å²) >= 11 is 5.96. The number of aromatic nitrogens is 1. The minimum atomic E-state index is -0.811. The molecular formula is C19H20ClNO4. The van der Waals surface area contributed by atoms with Gasteiger partial charge in [0.25, 0.3) is 0 Å². The van der Waals surface area contributed by atoms with Crippen molar-refractivity contribution in [2.45, 2.75) is 24.7 Å². The van der Waals surface area contributed by atoms with Crippen molar-refractivity contribution in [1.29, 1.82) is 0 Å². The van der Waals surface area contributed by atoms with Crippen LogP contribution in [0.1, 0.15) is 29.0 Å². The number of hydrogen-bond acceptors (Lipinski definition) is 5. The Balaban J connectivity index is 2.14. The molecule has 0 aliphatic heterocycles. The van der Waals surface area contributed by atoms with E-state index in [1.165, 1.54) is 14.2 Å².